The number of benzene rings is 1. The van der Waals surface area contributed by atoms with Crippen LogP contribution in [0.5, 0.6) is 0 Å². The molecule has 0 N–H and O–H groups in total. The summed E-state index contributed by atoms with van der Waals surface area (Å²) in [5.74, 6) is 0. The molecule has 0 saturated heterocycles. The van der Waals surface area contributed by atoms with Gasteiger partial charge in [-0.05, 0) is 0 Å². The van der Waals surface area contributed by atoms with E-state index in [-0.39, 0.29) is 5.46 Å². The lowest BCUT2D eigenvalue weighted by Crippen LogP contribution is -2.55. The molecular formula is C7H5BO3-2. The highest BCUT2D eigenvalue weighted by Crippen LogP contribution is 1.90. The van der Waals surface area contributed by atoms with E-state index in [9.17, 15) is 14.8 Å². The van der Waals surface area contributed by atoms with Crippen LogP contribution in [0.3, 0.4) is 0 Å². The summed E-state index contributed by atoms with van der Waals surface area (Å²) in [6, 6.07) is 5.64. The van der Waals surface area contributed by atoms with Crippen molar-refractivity contribution >= 4 is 18.9 Å². The van der Waals surface area contributed by atoms with Gasteiger partial charge < -0.3 is 10.0 Å². The monoisotopic (exact) mass is 148 g/mol. The van der Waals surface area contributed by atoms with Crippen molar-refractivity contribution in [3.8, 4) is 0 Å². The molecule has 11 heavy (non-hydrogen) atoms. The maximum atomic E-state index is 10.3. The van der Waals surface area contributed by atoms with Gasteiger partial charge in [-0.25, -0.2) is 0 Å². The van der Waals surface area contributed by atoms with E-state index in [0.29, 0.717) is 11.8 Å². The first kappa shape index (κ1) is 7.98. The minimum absolute atomic E-state index is 0.163. The Morgan fingerprint density at radius 1 is 1.18 bits per heavy atom. The zero-order valence-corrected chi connectivity index (χ0v) is 5.69. The average Bonchev–Trinajstić information content (AvgIpc) is 2.05. The number of hydrogen-bond acceptors (Lipinski definition) is 3. The maximum absolute atomic E-state index is 10.3. The van der Waals surface area contributed by atoms with Crippen LogP contribution >= 0.6 is 0 Å². The fourth-order valence-corrected chi connectivity index (χ4v) is 0.732. The van der Waals surface area contributed by atoms with E-state index in [2.05, 4.69) is 0 Å². The predicted molar refractivity (Wildman–Crippen MR) is 37.2 cm³/mol. The second-order valence-corrected chi connectivity index (χ2v) is 2.12. The molecule has 0 unspecified atom stereocenters. The third kappa shape index (κ3) is 1.90. The molecule has 0 atom stereocenters. The van der Waals surface area contributed by atoms with Gasteiger partial charge in [0.15, 0.2) is 0 Å². The fourth-order valence-electron chi connectivity index (χ4n) is 0.732. The quantitative estimate of drug-likeness (QED) is 0.357. The van der Waals surface area contributed by atoms with Gasteiger partial charge in [-0.2, -0.15) is 0 Å². The summed E-state index contributed by atoms with van der Waals surface area (Å²) >= 11 is 0. The zero-order valence-electron chi connectivity index (χ0n) is 5.69. The summed E-state index contributed by atoms with van der Waals surface area (Å²) in [6.07, 6.45) is 0.661. The molecule has 0 heterocycles. The van der Waals surface area contributed by atoms with Crippen LogP contribution in [0.25, 0.3) is 0 Å². The van der Waals surface area contributed by atoms with Gasteiger partial charge in [0.2, 0.25) is 0 Å². The molecule has 0 amide bonds. The molecule has 0 radical (unpaired) electrons. The van der Waals surface area contributed by atoms with E-state index in [0.717, 1.165) is 0 Å². The molecule has 0 aliphatic carbocycles. The predicted octanol–water partition coefficient (Wildman–Crippen LogP) is -2.09. The summed E-state index contributed by atoms with van der Waals surface area (Å²) < 4.78 is 0. The molecule has 0 saturated carbocycles. The van der Waals surface area contributed by atoms with Crippen molar-refractivity contribution in [3.05, 3.63) is 29.8 Å². The van der Waals surface area contributed by atoms with Gasteiger partial charge in [-0.15, -0.1) is 5.46 Å². The van der Waals surface area contributed by atoms with Gasteiger partial charge in [0.25, 0.3) is 0 Å². The van der Waals surface area contributed by atoms with E-state index in [1.807, 2.05) is 0 Å². The Bertz CT molecular complexity index is 242. The van der Waals surface area contributed by atoms with Gasteiger partial charge in [-0.3, -0.25) is 4.79 Å². The van der Waals surface area contributed by atoms with E-state index < -0.39 is 7.12 Å². The highest BCUT2D eigenvalue weighted by atomic mass is 16.4. The van der Waals surface area contributed by atoms with Gasteiger partial charge in [0.1, 0.15) is 6.29 Å². The largest absolute Gasteiger partial charge is 0.889 e. The van der Waals surface area contributed by atoms with Crippen LogP contribution < -0.4 is 15.5 Å². The number of rotatable bonds is 2. The Kier molecular flexibility index (Phi) is 2.41. The molecular weight excluding hydrogens is 143 g/mol. The van der Waals surface area contributed by atoms with Crippen molar-refractivity contribution in [2.45, 2.75) is 0 Å². The Morgan fingerprint density at radius 3 is 2.09 bits per heavy atom. The third-order valence-electron chi connectivity index (χ3n) is 1.34. The van der Waals surface area contributed by atoms with Gasteiger partial charge in [-0.1, -0.05) is 31.4 Å². The minimum atomic E-state index is -1.96. The van der Waals surface area contributed by atoms with Crippen molar-refractivity contribution in [2.75, 3.05) is 0 Å². The summed E-state index contributed by atoms with van der Waals surface area (Å²) in [7, 11) is -1.96. The first-order valence-electron chi connectivity index (χ1n) is 3.11. The molecule has 0 fully saturated rings. The lowest BCUT2D eigenvalue weighted by molar-refractivity contribution is -0.341. The normalized spacial score (nSPS) is 9.27. The average molecular weight is 148 g/mol. The molecule has 0 bridgehead atoms. The van der Waals surface area contributed by atoms with Gasteiger partial charge in [0.05, 0.1) is 0 Å². The van der Waals surface area contributed by atoms with Crippen LogP contribution in [0.4, 0.5) is 0 Å². The van der Waals surface area contributed by atoms with Crippen LogP contribution in [-0.4, -0.2) is 13.4 Å². The molecule has 0 aromatic heterocycles. The topological polar surface area (TPSA) is 63.2 Å². The Balaban J connectivity index is 2.91. The smallest absolute Gasteiger partial charge is 0.150 e. The Morgan fingerprint density at radius 2 is 1.73 bits per heavy atom. The standard InChI is InChI=1S/C7H5BO3/c9-5-6-1-3-7(4-2-6)8(10)11/h1-5H/q-2. The molecule has 0 aliphatic heterocycles. The SMILES string of the molecule is O=Cc1ccc(B([O-])[O-])cc1. The fraction of sp³-hybridized carbons (Fsp3) is 0. The van der Waals surface area contributed by atoms with Gasteiger partial charge in [0, 0.05) is 5.56 Å². The first-order chi connectivity index (χ1) is 5.24. The molecule has 3 nitrogen and oxygen atoms in total. The molecule has 56 valence electrons. The molecule has 4 heteroatoms. The van der Waals surface area contributed by atoms with E-state index in [4.69, 9.17) is 0 Å². The van der Waals surface area contributed by atoms with Gasteiger partial charge >= 0.3 is 0 Å². The molecule has 1 rings (SSSR count). The number of carbonyl (C=O) groups is 1. The number of hydrogen-bond donors (Lipinski definition) is 0. The highest BCUT2D eigenvalue weighted by molar-refractivity contribution is 6.55. The van der Waals surface area contributed by atoms with E-state index in [1.165, 1.54) is 24.3 Å². The molecule has 1 aromatic rings. The number of aldehydes is 1. The van der Waals surface area contributed by atoms with Crippen LogP contribution in [0, 0.1) is 0 Å². The maximum Gasteiger partial charge on any atom is 0.150 e. The van der Waals surface area contributed by atoms with E-state index >= 15 is 0 Å². The number of carbonyl (C=O) groups excluding carboxylic acids is 1. The van der Waals surface area contributed by atoms with Crippen molar-refractivity contribution in [2.24, 2.45) is 0 Å². The molecule has 0 spiro atoms. The van der Waals surface area contributed by atoms with Crippen molar-refractivity contribution in [1.82, 2.24) is 0 Å². The van der Waals surface area contributed by atoms with Crippen LogP contribution in [0.2, 0.25) is 0 Å². The van der Waals surface area contributed by atoms with Crippen LogP contribution in [0.1, 0.15) is 10.4 Å². The molecule has 0 aliphatic rings. The summed E-state index contributed by atoms with van der Waals surface area (Å²) in [6.45, 7) is 0. The van der Waals surface area contributed by atoms with Crippen molar-refractivity contribution in [1.29, 1.82) is 0 Å². The van der Waals surface area contributed by atoms with Crippen molar-refractivity contribution in [3.63, 3.8) is 0 Å². The first-order valence-corrected chi connectivity index (χ1v) is 3.11. The van der Waals surface area contributed by atoms with Crippen molar-refractivity contribution < 1.29 is 14.8 Å². The van der Waals surface area contributed by atoms with Crippen LogP contribution in [-0.2, 0) is 0 Å². The van der Waals surface area contributed by atoms with Crippen LogP contribution in [0.15, 0.2) is 24.3 Å². The summed E-state index contributed by atoms with van der Waals surface area (Å²) in [4.78, 5) is 10.1. The lowest BCUT2D eigenvalue weighted by atomic mass is 9.80. The third-order valence-corrected chi connectivity index (χ3v) is 1.34. The summed E-state index contributed by atoms with van der Waals surface area (Å²) in [5.41, 5.74) is 0.630. The lowest BCUT2D eigenvalue weighted by Gasteiger charge is -2.26. The second-order valence-electron chi connectivity index (χ2n) is 2.12. The Labute approximate surface area is 64.4 Å². The Hall–Kier alpha value is -1.13. The zero-order chi connectivity index (χ0) is 8.27. The second kappa shape index (κ2) is 3.32. The summed E-state index contributed by atoms with van der Waals surface area (Å²) in [5, 5.41) is 20.6. The molecule has 1 aromatic carbocycles. The minimum Gasteiger partial charge on any atom is -0.889 e. The van der Waals surface area contributed by atoms with E-state index in [1.54, 1.807) is 0 Å². The highest BCUT2D eigenvalue weighted by Gasteiger charge is 1.88.